The number of carbonyl (C=O) groups excluding carboxylic acids is 1. The summed E-state index contributed by atoms with van der Waals surface area (Å²) >= 11 is 2.89. The van der Waals surface area contributed by atoms with Crippen LogP contribution in [0.1, 0.15) is 36.6 Å². The highest BCUT2D eigenvalue weighted by Gasteiger charge is 2.33. The van der Waals surface area contributed by atoms with Crippen molar-refractivity contribution in [1.29, 1.82) is 0 Å². The molecule has 1 atom stereocenters. The molecule has 0 saturated heterocycles. The summed E-state index contributed by atoms with van der Waals surface area (Å²) < 4.78 is 30.0. The van der Waals surface area contributed by atoms with E-state index in [1.54, 1.807) is 43.4 Å². The number of esters is 1. The fourth-order valence-corrected chi connectivity index (χ4v) is 6.58. The predicted octanol–water partition coefficient (Wildman–Crippen LogP) is 4.84. The zero-order valence-corrected chi connectivity index (χ0v) is 26.3. The third-order valence-corrected chi connectivity index (χ3v) is 8.99. The Morgan fingerprint density at radius 2 is 1.89 bits per heavy atom. The first-order valence-corrected chi connectivity index (χ1v) is 16.0. The number of benzene rings is 3. The van der Waals surface area contributed by atoms with Crippen molar-refractivity contribution in [1.82, 2.24) is 4.57 Å². The van der Waals surface area contributed by atoms with Crippen LogP contribution in [-0.4, -0.2) is 37.3 Å². The van der Waals surface area contributed by atoms with E-state index in [-0.39, 0.29) is 19.0 Å². The molecule has 4 aromatic rings. The van der Waals surface area contributed by atoms with Crippen LogP contribution in [0, 0.1) is 0 Å². The van der Waals surface area contributed by atoms with Gasteiger partial charge in [-0.05, 0) is 79.3 Å². The Balaban J connectivity index is 1.34. The van der Waals surface area contributed by atoms with Gasteiger partial charge in [0.2, 0.25) is 6.79 Å². The normalized spacial score (nSPS) is 15.5. The summed E-state index contributed by atoms with van der Waals surface area (Å²) in [6.45, 7) is 4.28. The van der Waals surface area contributed by atoms with E-state index < -0.39 is 12.0 Å². The Morgan fingerprint density at radius 3 is 2.64 bits per heavy atom. The van der Waals surface area contributed by atoms with E-state index in [0.717, 1.165) is 21.6 Å². The monoisotopic (exact) mass is 630 g/mol. The minimum atomic E-state index is -0.662. The SMILES string of the molecule is CCOC(=O)C1=C(C)N=c2s/c(=C\c3ccc(OCc4ccc5c(c4)OCO5)c(OC)c3)c(=O)n2[C@H]1c1ccc(SC)cc1. The molecule has 0 N–H and O–H groups in total. The number of carbonyl (C=O) groups is 1. The van der Waals surface area contributed by atoms with Crippen LogP contribution in [0.3, 0.4) is 0 Å². The lowest BCUT2D eigenvalue weighted by Gasteiger charge is -2.24. The summed E-state index contributed by atoms with van der Waals surface area (Å²) in [4.78, 5) is 33.3. The molecule has 11 heteroatoms. The van der Waals surface area contributed by atoms with Gasteiger partial charge in [0.1, 0.15) is 6.61 Å². The van der Waals surface area contributed by atoms with Crippen molar-refractivity contribution in [2.24, 2.45) is 4.99 Å². The van der Waals surface area contributed by atoms with Gasteiger partial charge >= 0.3 is 5.97 Å². The molecule has 2 aliphatic rings. The van der Waals surface area contributed by atoms with Crippen molar-refractivity contribution in [3.05, 3.63) is 108 Å². The number of nitrogens with zero attached hydrogens (tertiary/aromatic N) is 2. The first-order chi connectivity index (χ1) is 21.4. The lowest BCUT2D eigenvalue weighted by Crippen LogP contribution is -2.39. The number of rotatable bonds is 9. The molecule has 0 unspecified atom stereocenters. The summed E-state index contributed by atoms with van der Waals surface area (Å²) in [6, 6.07) is 18.4. The number of methoxy groups -OCH3 is 1. The number of fused-ring (bicyclic) bond motifs is 2. The maximum atomic E-state index is 13.9. The average molecular weight is 631 g/mol. The van der Waals surface area contributed by atoms with E-state index in [1.165, 1.54) is 11.3 Å². The Labute approximate surface area is 262 Å². The van der Waals surface area contributed by atoms with Crippen LogP contribution in [0.2, 0.25) is 0 Å². The molecule has 0 saturated carbocycles. The second kappa shape index (κ2) is 12.6. The lowest BCUT2D eigenvalue weighted by molar-refractivity contribution is -0.139. The number of allylic oxidation sites excluding steroid dienone is 1. The molecule has 3 aromatic carbocycles. The second-order valence-corrected chi connectivity index (χ2v) is 11.9. The highest BCUT2D eigenvalue weighted by atomic mass is 32.2. The van der Waals surface area contributed by atoms with Crippen LogP contribution in [0.25, 0.3) is 6.08 Å². The van der Waals surface area contributed by atoms with Crippen molar-refractivity contribution in [3.63, 3.8) is 0 Å². The molecule has 0 spiro atoms. The molecule has 9 nitrogen and oxygen atoms in total. The van der Waals surface area contributed by atoms with Crippen molar-refractivity contribution >= 4 is 35.1 Å². The van der Waals surface area contributed by atoms with Crippen LogP contribution in [0.15, 0.2) is 86.6 Å². The highest BCUT2D eigenvalue weighted by molar-refractivity contribution is 7.98. The molecule has 0 radical (unpaired) electrons. The number of hydrogen-bond donors (Lipinski definition) is 0. The molecule has 1 aromatic heterocycles. The number of ether oxygens (including phenoxy) is 5. The van der Waals surface area contributed by atoms with E-state index in [4.69, 9.17) is 23.7 Å². The number of thioether (sulfide) groups is 1. The molecular weight excluding hydrogens is 601 g/mol. The molecule has 0 fully saturated rings. The van der Waals surface area contributed by atoms with Gasteiger partial charge in [0.25, 0.3) is 5.56 Å². The molecule has 0 aliphatic carbocycles. The molecule has 226 valence electrons. The topological polar surface area (TPSA) is 97.6 Å². The Bertz CT molecular complexity index is 1940. The van der Waals surface area contributed by atoms with Gasteiger partial charge in [0.05, 0.1) is 35.6 Å². The van der Waals surface area contributed by atoms with Crippen molar-refractivity contribution in [3.8, 4) is 23.0 Å². The second-order valence-electron chi connectivity index (χ2n) is 9.96. The molecular formula is C33H30N2O7S2. The third kappa shape index (κ3) is 5.72. The van der Waals surface area contributed by atoms with Crippen molar-refractivity contribution < 1.29 is 28.5 Å². The van der Waals surface area contributed by atoms with Gasteiger partial charge < -0.3 is 23.7 Å². The maximum Gasteiger partial charge on any atom is 0.338 e. The van der Waals surface area contributed by atoms with Crippen molar-refractivity contribution in [2.45, 2.75) is 31.4 Å². The zero-order valence-electron chi connectivity index (χ0n) is 24.6. The summed E-state index contributed by atoms with van der Waals surface area (Å²) in [6.07, 6.45) is 3.80. The first-order valence-electron chi connectivity index (χ1n) is 13.9. The number of hydrogen-bond acceptors (Lipinski definition) is 10. The standard InChI is InChI=1S/C33H30N2O7S2/c1-5-39-32(37)29-19(2)34-33-35(30(29)22-8-10-23(43-4)11-9-22)31(36)28(44-33)16-20-6-12-24(26(14-20)38-3)40-17-21-7-13-25-27(15-21)42-18-41-25/h6-16,30H,5,17-18H2,1-4H3/b28-16-/t30-/m0/s1. The largest absolute Gasteiger partial charge is 0.493 e. The summed E-state index contributed by atoms with van der Waals surface area (Å²) in [5.74, 6) is 2.02. The summed E-state index contributed by atoms with van der Waals surface area (Å²) in [7, 11) is 1.57. The number of thiazole rings is 1. The van der Waals surface area contributed by atoms with E-state index >= 15 is 0 Å². The molecule has 3 heterocycles. The zero-order chi connectivity index (χ0) is 30.8. The van der Waals surface area contributed by atoms with Gasteiger partial charge in [-0.1, -0.05) is 35.6 Å². The van der Waals surface area contributed by atoms with Crippen LogP contribution in [0.4, 0.5) is 0 Å². The lowest BCUT2D eigenvalue weighted by atomic mass is 9.96. The van der Waals surface area contributed by atoms with Crippen molar-refractivity contribution in [2.75, 3.05) is 26.8 Å². The third-order valence-electron chi connectivity index (χ3n) is 7.27. The minimum absolute atomic E-state index is 0.213. The van der Waals surface area contributed by atoms with E-state index in [9.17, 15) is 9.59 Å². The molecule has 6 rings (SSSR count). The van der Waals surface area contributed by atoms with Gasteiger partial charge in [0.15, 0.2) is 27.8 Å². The van der Waals surface area contributed by atoms with E-state index in [1.807, 2.05) is 66.9 Å². The molecule has 2 aliphatic heterocycles. The molecule has 44 heavy (non-hydrogen) atoms. The van der Waals surface area contributed by atoms with Gasteiger partial charge in [-0.2, -0.15) is 0 Å². The fraction of sp³-hybridized carbons (Fsp3) is 0.242. The smallest absolute Gasteiger partial charge is 0.338 e. The fourth-order valence-electron chi connectivity index (χ4n) is 5.13. The van der Waals surface area contributed by atoms with Crippen LogP contribution in [-0.2, 0) is 16.1 Å². The van der Waals surface area contributed by atoms with Gasteiger partial charge in [-0.3, -0.25) is 9.36 Å². The Hall–Kier alpha value is -4.48. The Morgan fingerprint density at radius 1 is 1.09 bits per heavy atom. The van der Waals surface area contributed by atoms with Crippen LogP contribution >= 0.6 is 23.1 Å². The van der Waals surface area contributed by atoms with Gasteiger partial charge in [-0.15, -0.1) is 11.8 Å². The average Bonchev–Trinajstić information content (AvgIpc) is 3.63. The number of aromatic nitrogens is 1. The van der Waals surface area contributed by atoms with E-state index in [2.05, 4.69) is 4.99 Å². The minimum Gasteiger partial charge on any atom is -0.493 e. The first kappa shape index (κ1) is 29.6. The van der Waals surface area contributed by atoms with Crippen LogP contribution in [0.5, 0.6) is 23.0 Å². The maximum absolute atomic E-state index is 13.9. The van der Waals surface area contributed by atoms with Gasteiger partial charge in [0, 0.05) is 4.90 Å². The predicted molar refractivity (Wildman–Crippen MR) is 169 cm³/mol. The summed E-state index contributed by atoms with van der Waals surface area (Å²) in [5.41, 5.74) is 3.12. The van der Waals surface area contributed by atoms with E-state index in [0.29, 0.717) is 50.2 Å². The highest BCUT2D eigenvalue weighted by Crippen LogP contribution is 2.34. The molecule has 0 amide bonds. The van der Waals surface area contributed by atoms with Gasteiger partial charge in [-0.25, -0.2) is 9.79 Å². The van der Waals surface area contributed by atoms with Crippen LogP contribution < -0.4 is 33.8 Å². The summed E-state index contributed by atoms with van der Waals surface area (Å²) in [5, 5.41) is 0. The Kier molecular flexibility index (Phi) is 8.49. The molecule has 0 bridgehead atoms. The quantitative estimate of drug-likeness (QED) is 0.192.